The highest BCUT2D eigenvalue weighted by Gasteiger charge is 2.08. The van der Waals surface area contributed by atoms with Crippen LogP contribution in [0.5, 0.6) is 0 Å². The third-order valence-electron chi connectivity index (χ3n) is 3.48. The number of hydrogen-bond acceptors (Lipinski definition) is 3. The van der Waals surface area contributed by atoms with E-state index in [-0.39, 0.29) is 11.3 Å². The molecule has 25 heavy (non-hydrogen) atoms. The maximum absolute atomic E-state index is 12.4. The Morgan fingerprint density at radius 3 is 2.52 bits per heavy atom. The highest BCUT2D eigenvalue weighted by atomic mass is 32.1. The van der Waals surface area contributed by atoms with Crippen molar-refractivity contribution in [3.63, 3.8) is 0 Å². The number of carbonyl (C=O) groups excluding carboxylic acids is 1. The van der Waals surface area contributed by atoms with E-state index in [2.05, 4.69) is 42.9 Å². The molecular formula is C21H20N2OS. The number of nitrogens with one attached hydrogen (secondary N) is 1. The summed E-state index contributed by atoms with van der Waals surface area (Å²) in [5, 5.41) is 3.94. The highest BCUT2D eigenvalue weighted by Crippen LogP contribution is 2.24. The van der Waals surface area contributed by atoms with Crippen molar-refractivity contribution in [3.05, 3.63) is 58.6 Å². The van der Waals surface area contributed by atoms with E-state index in [9.17, 15) is 4.79 Å². The largest absolute Gasteiger partial charge is 0.322 e. The maximum atomic E-state index is 12.4. The van der Waals surface area contributed by atoms with Crippen LogP contribution in [-0.2, 0) is 0 Å². The molecule has 2 aromatic carbocycles. The summed E-state index contributed by atoms with van der Waals surface area (Å²) in [5.74, 6) is 6.19. The van der Waals surface area contributed by atoms with Crippen molar-refractivity contribution in [2.45, 2.75) is 27.7 Å². The van der Waals surface area contributed by atoms with Crippen LogP contribution in [-0.4, -0.2) is 10.9 Å². The second kappa shape index (κ2) is 6.70. The number of benzene rings is 2. The molecule has 0 aliphatic heterocycles. The van der Waals surface area contributed by atoms with Crippen LogP contribution in [0, 0.1) is 24.2 Å². The van der Waals surface area contributed by atoms with Gasteiger partial charge in [0.2, 0.25) is 0 Å². The Bertz CT molecular complexity index is 983. The average molecular weight is 348 g/mol. The van der Waals surface area contributed by atoms with Crippen molar-refractivity contribution in [1.82, 2.24) is 4.98 Å². The van der Waals surface area contributed by atoms with E-state index >= 15 is 0 Å². The molecule has 0 fully saturated rings. The number of aryl methyl sites for hydroxylation is 1. The van der Waals surface area contributed by atoms with Crippen LogP contribution < -0.4 is 5.32 Å². The molecule has 126 valence electrons. The number of amides is 1. The zero-order valence-corrected chi connectivity index (χ0v) is 15.6. The molecule has 1 amide bonds. The van der Waals surface area contributed by atoms with Gasteiger partial charge < -0.3 is 5.32 Å². The monoisotopic (exact) mass is 348 g/mol. The van der Waals surface area contributed by atoms with Gasteiger partial charge in [0.15, 0.2) is 0 Å². The number of anilines is 1. The minimum absolute atomic E-state index is 0.0390. The van der Waals surface area contributed by atoms with Crippen molar-refractivity contribution in [1.29, 1.82) is 0 Å². The number of thiazole rings is 1. The Morgan fingerprint density at radius 1 is 1.12 bits per heavy atom. The lowest BCUT2D eigenvalue weighted by Gasteiger charge is -2.07. The second-order valence-electron chi connectivity index (χ2n) is 6.95. The van der Waals surface area contributed by atoms with Gasteiger partial charge in [-0.05, 0) is 70.2 Å². The molecule has 0 spiro atoms. The van der Waals surface area contributed by atoms with Crippen molar-refractivity contribution in [2.24, 2.45) is 5.41 Å². The molecular weight excluding hydrogens is 328 g/mol. The van der Waals surface area contributed by atoms with Crippen molar-refractivity contribution in [2.75, 3.05) is 5.32 Å². The Kier molecular flexibility index (Phi) is 4.61. The number of fused-ring (bicyclic) bond motifs is 1. The number of hydrogen-bond donors (Lipinski definition) is 1. The molecule has 4 heteroatoms. The molecule has 0 saturated carbocycles. The summed E-state index contributed by atoms with van der Waals surface area (Å²) in [6.07, 6.45) is 0. The number of aromatic nitrogens is 1. The highest BCUT2D eigenvalue weighted by molar-refractivity contribution is 7.18. The Morgan fingerprint density at radius 2 is 1.84 bits per heavy atom. The van der Waals surface area contributed by atoms with Gasteiger partial charge in [0, 0.05) is 22.2 Å². The number of rotatable bonds is 2. The molecule has 0 aliphatic carbocycles. The first-order valence-corrected chi connectivity index (χ1v) is 8.94. The molecule has 3 nitrogen and oxygen atoms in total. The van der Waals surface area contributed by atoms with Crippen LogP contribution in [0.15, 0.2) is 42.5 Å². The molecule has 3 aromatic rings. The fraction of sp³-hybridized carbons (Fsp3) is 0.238. The summed E-state index contributed by atoms with van der Waals surface area (Å²) < 4.78 is 1.12. The van der Waals surface area contributed by atoms with E-state index in [1.54, 1.807) is 23.5 Å². The average Bonchev–Trinajstić information content (AvgIpc) is 2.92. The van der Waals surface area contributed by atoms with E-state index in [1.165, 1.54) is 0 Å². The summed E-state index contributed by atoms with van der Waals surface area (Å²) >= 11 is 1.65. The summed E-state index contributed by atoms with van der Waals surface area (Å²) in [4.78, 5) is 16.9. The first kappa shape index (κ1) is 17.2. The lowest BCUT2D eigenvalue weighted by atomic mass is 9.97. The maximum Gasteiger partial charge on any atom is 0.255 e. The summed E-state index contributed by atoms with van der Waals surface area (Å²) in [5.41, 5.74) is 3.14. The molecule has 0 unspecified atom stereocenters. The Labute approximate surface area is 152 Å². The quantitative estimate of drug-likeness (QED) is 0.642. The predicted molar refractivity (Wildman–Crippen MR) is 105 cm³/mol. The zero-order valence-electron chi connectivity index (χ0n) is 14.8. The topological polar surface area (TPSA) is 42.0 Å². The van der Waals surface area contributed by atoms with Crippen LogP contribution in [0.3, 0.4) is 0 Å². The van der Waals surface area contributed by atoms with Crippen molar-refractivity contribution in [3.8, 4) is 11.8 Å². The zero-order chi connectivity index (χ0) is 18.0. The van der Waals surface area contributed by atoms with E-state index < -0.39 is 0 Å². The predicted octanol–water partition coefficient (Wildman–Crippen LogP) is 5.25. The van der Waals surface area contributed by atoms with Crippen LogP contribution in [0.1, 0.15) is 41.7 Å². The van der Waals surface area contributed by atoms with Gasteiger partial charge in [-0.1, -0.05) is 11.8 Å². The molecule has 0 bridgehead atoms. The van der Waals surface area contributed by atoms with Gasteiger partial charge in [-0.25, -0.2) is 4.98 Å². The SMILES string of the molecule is Cc1nc2cc(NC(=O)c3ccc(C#CC(C)(C)C)cc3)ccc2s1. The molecule has 0 aliphatic rings. The standard InChI is InChI=1S/C21H20N2OS/c1-14-22-18-13-17(9-10-19(18)25-14)23-20(24)16-7-5-15(6-8-16)11-12-21(2,3)4/h5-10,13H,1-4H3,(H,23,24). The smallest absolute Gasteiger partial charge is 0.255 e. The van der Waals surface area contributed by atoms with Crippen molar-refractivity contribution < 1.29 is 4.79 Å². The van der Waals surface area contributed by atoms with Gasteiger partial charge in [0.1, 0.15) is 0 Å². The van der Waals surface area contributed by atoms with Crippen LogP contribution in [0.2, 0.25) is 0 Å². The fourth-order valence-corrected chi connectivity index (χ4v) is 3.10. The molecule has 1 N–H and O–H groups in total. The van der Waals surface area contributed by atoms with E-state index in [0.717, 1.165) is 26.5 Å². The molecule has 0 atom stereocenters. The van der Waals surface area contributed by atoms with Gasteiger partial charge in [-0.3, -0.25) is 4.79 Å². The van der Waals surface area contributed by atoms with E-state index in [0.29, 0.717) is 5.56 Å². The lowest BCUT2D eigenvalue weighted by molar-refractivity contribution is 0.102. The summed E-state index contributed by atoms with van der Waals surface area (Å²) in [7, 11) is 0. The van der Waals surface area contributed by atoms with Gasteiger partial charge in [0.05, 0.1) is 15.2 Å². The molecule has 1 aromatic heterocycles. The van der Waals surface area contributed by atoms with Crippen LogP contribution in [0.4, 0.5) is 5.69 Å². The second-order valence-corrected chi connectivity index (χ2v) is 8.18. The third kappa shape index (κ3) is 4.46. The van der Waals surface area contributed by atoms with E-state index in [4.69, 9.17) is 0 Å². The minimum atomic E-state index is -0.137. The Hall–Kier alpha value is -2.64. The Balaban J connectivity index is 1.74. The first-order valence-electron chi connectivity index (χ1n) is 8.12. The molecule has 3 rings (SSSR count). The molecule has 0 radical (unpaired) electrons. The van der Waals surface area contributed by atoms with E-state index in [1.807, 2.05) is 37.3 Å². The van der Waals surface area contributed by atoms with Gasteiger partial charge in [0.25, 0.3) is 5.91 Å². The van der Waals surface area contributed by atoms with Gasteiger partial charge >= 0.3 is 0 Å². The molecule has 0 saturated heterocycles. The summed E-state index contributed by atoms with van der Waals surface area (Å²) in [6, 6.07) is 13.1. The summed E-state index contributed by atoms with van der Waals surface area (Å²) in [6.45, 7) is 8.19. The number of carbonyl (C=O) groups is 1. The molecule has 1 heterocycles. The first-order chi connectivity index (χ1) is 11.8. The van der Waals surface area contributed by atoms with Crippen LogP contribution in [0.25, 0.3) is 10.2 Å². The normalized spacial score (nSPS) is 11.0. The van der Waals surface area contributed by atoms with Crippen molar-refractivity contribution >= 4 is 33.1 Å². The van der Waals surface area contributed by atoms with Crippen LogP contribution >= 0.6 is 11.3 Å². The lowest BCUT2D eigenvalue weighted by Crippen LogP contribution is -2.11. The van der Waals surface area contributed by atoms with Gasteiger partial charge in [-0.2, -0.15) is 0 Å². The van der Waals surface area contributed by atoms with Gasteiger partial charge in [-0.15, -0.1) is 11.3 Å². The fourth-order valence-electron chi connectivity index (χ4n) is 2.29. The number of nitrogens with zero attached hydrogens (tertiary/aromatic N) is 1. The minimum Gasteiger partial charge on any atom is -0.322 e. The third-order valence-corrected chi connectivity index (χ3v) is 4.43.